The highest BCUT2D eigenvalue weighted by atomic mass is 14.9. The third kappa shape index (κ3) is 15.6. The summed E-state index contributed by atoms with van der Waals surface area (Å²) >= 11 is 0. The van der Waals surface area contributed by atoms with Crippen molar-refractivity contribution < 1.29 is 22.8 Å². The molecule has 0 spiro atoms. The first-order chi connectivity index (χ1) is 37.9. The Labute approximate surface area is 481 Å². The number of rotatable bonds is 5. The first-order valence-electron chi connectivity index (χ1n) is 28.1. The molecule has 5 nitrogen and oxygen atoms in total. The van der Waals surface area contributed by atoms with Gasteiger partial charge in [0.15, 0.2) is 31.0 Å². The van der Waals surface area contributed by atoms with Crippen LogP contribution in [0.1, 0.15) is 83.5 Å². The highest BCUT2D eigenvalue weighted by Crippen LogP contribution is 2.28. The van der Waals surface area contributed by atoms with Crippen LogP contribution in [0.5, 0.6) is 0 Å². The number of pyridine rings is 5. The van der Waals surface area contributed by atoms with Gasteiger partial charge in [0.2, 0.25) is 28.5 Å². The van der Waals surface area contributed by atoms with E-state index in [1.165, 1.54) is 140 Å². The molecule has 410 valence electrons. The zero-order valence-corrected chi connectivity index (χ0v) is 52.1. The van der Waals surface area contributed by atoms with E-state index >= 15 is 0 Å². The third-order valence-corrected chi connectivity index (χ3v) is 15.3. The Hall–Kier alpha value is -8.15. The smallest absolute Gasteiger partial charge is 0.201 e. The van der Waals surface area contributed by atoms with E-state index in [1.807, 2.05) is 0 Å². The Morgan fingerprint density at radius 1 is 0.225 bits per heavy atom. The van der Waals surface area contributed by atoms with E-state index in [2.05, 4.69) is 345 Å². The lowest BCUT2D eigenvalue weighted by molar-refractivity contribution is -0.660. The zero-order valence-electron chi connectivity index (χ0n) is 52.1. The van der Waals surface area contributed by atoms with Crippen LogP contribution in [0.3, 0.4) is 0 Å². The molecular formula is C75H90N5+5. The van der Waals surface area contributed by atoms with Crippen molar-refractivity contribution in [3.05, 3.63) is 266 Å². The second kappa shape index (κ2) is 27.6. The van der Waals surface area contributed by atoms with E-state index in [0.717, 1.165) is 0 Å². The van der Waals surface area contributed by atoms with Crippen LogP contribution in [0.15, 0.2) is 183 Å². The molecule has 0 radical (unpaired) electrons. The molecule has 0 aliphatic carbocycles. The van der Waals surface area contributed by atoms with Gasteiger partial charge in [0.05, 0.1) is 11.1 Å². The fourth-order valence-electron chi connectivity index (χ4n) is 10.3. The molecule has 5 heterocycles. The van der Waals surface area contributed by atoms with Gasteiger partial charge in [-0.3, -0.25) is 0 Å². The molecule has 10 rings (SSSR count). The van der Waals surface area contributed by atoms with Gasteiger partial charge in [0, 0.05) is 76.9 Å². The normalized spacial score (nSPS) is 10.5. The minimum atomic E-state index is 1.28. The topological polar surface area (TPSA) is 19.4 Å². The van der Waals surface area contributed by atoms with Crippen LogP contribution in [0.4, 0.5) is 0 Å². The molecule has 5 heteroatoms. The van der Waals surface area contributed by atoms with Crippen LogP contribution >= 0.6 is 0 Å². The Morgan fingerprint density at radius 3 is 0.900 bits per heavy atom. The van der Waals surface area contributed by atoms with Crippen LogP contribution in [0.25, 0.3) is 56.3 Å². The van der Waals surface area contributed by atoms with Gasteiger partial charge in [0.25, 0.3) is 0 Å². The average molecular weight is 1060 g/mol. The lowest BCUT2D eigenvalue weighted by Crippen LogP contribution is -2.31. The van der Waals surface area contributed by atoms with Gasteiger partial charge in [-0.15, -0.1) is 0 Å². The summed E-state index contributed by atoms with van der Waals surface area (Å²) in [6.07, 6.45) is 10.6. The minimum absolute atomic E-state index is 1.28. The summed E-state index contributed by atoms with van der Waals surface area (Å²) in [5.41, 5.74) is 33.0. The quantitative estimate of drug-likeness (QED) is 0.153. The van der Waals surface area contributed by atoms with Gasteiger partial charge in [0.1, 0.15) is 35.2 Å². The first kappa shape index (κ1) is 61.1. The minimum Gasteiger partial charge on any atom is -0.201 e. The van der Waals surface area contributed by atoms with Crippen LogP contribution in [0.2, 0.25) is 0 Å². The van der Waals surface area contributed by atoms with Crippen molar-refractivity contribution >= 4 is 0 Å². The lowest BCUT2D eigenvalue weighted by Gasteiger charge is -2.08. The molecule has 0 amide bonds. The van der Waals surface area contributed by atoms with Gasteiger partial charge in [-0.05, 0) is 189 Å². The fraction of sp³-hybridized carbons (Fsp3) is 0.267. The second-order valence-electron chi connectivity index (χ2n) is 22.4. The highest BCUT2D eigenvalue weighted by molar-refractivity contribution is 5.68. The van der Waals surface area contributed by atoms with Crippen molar-refractivity contribution in [1.82, 2.24) is 0 Å². The molecule has 0 aliphatic rings. The fourth-order valence-corrected chi connectivity index (χ4v) is 10.3. The maximum atomic E-state index is 2.25. The van der Waals surface area contributed by atoms with E-state index in [0.29, 0.717) is 0 Å². The second-order valence-corrected chi connectivity index (χ2v) is 22.4. The number of hydrogen-bond donors (Lipinski definition) is 0. The number of nitrogens with zero attached hydrogens (tertiary/aromatic N) is 5. The molecular weight excluding hydrogens is 971 g/mol. The zero-order chi connectivity index (χ0) is 58.5. The van der Waals surface area contributed by atoms with Crippen LogP contribution in [-0.2, 0) is 35.2 Å². The molecule has 0 saturated heterocycles. The van der Waals surface area contributed by atoms with Crippen molar-refractivity contribution in [2.75, 3.05) is 0 Å². The number of aromatic nitrogens is 5. The summed E-state index contributed by atoms with van der Waals surface area (Å²) in [4.78, 5) is 0. The van der Waals surface area contributed by atoms with Gasteiger partial charge in [-0.1, -0.05) is 90.0 Å². The highest BCUT2D eigenvalue weighted by Gasteiger charge is 2.19. The maximum absolute atomic E-state index is 2.25. The monoisotopic (exact) mass is 1060 g/mol. The number of benzene rings is 5. The molecule has 10 aromatic rings. The molecule has 0 saturated carbocycles. The molecule has 0 bridgehead atoms. The molecule has 5 aromatic heterocycles. The lowest BCUT2D eigenvalue weighted by atomic mass is 9.98. The summed E-state index contributed by atoms with van der Waals surface area (Å²) < 4.78 is 10.9. The van der Waals surface area contributed by atoms with Crippen molar-refractivity contribution in [2.45, 2.75) is 104 Å². The van der Waals surface area contributed by atoms with Crippen LogP contribution in [0, 0.1) is 104 Å². The molecule has 80 heavy (non-hydrogen) atoms. The van der Waals surface area contributed by atoms with E-state index in [-0.39, 0.29) is 0 Å². The molecule has 0 atom stereocenters. The average Bonchev–Trinajstić information content (AvgIpc) is 3.43. The summed E-state index contributed by atoms with van der Waals surface area (Å²) in [5.74, 6) is 0. The van der Waals surface area contributed by atoms with Crippen LogP contribution in [-0.4, -0.2) is 0 Å². The summed E-state index contributed by atoms with van der Waals surface area (Å²) in [6.45, 7) is 32.3. The van der Waals surface area contributed by atoms with Gasteiger partial charge in [-0.2, -0.15) is 0 Å². The van der Waals surface area contributed by atoms with Crippen molar-refractivity contribution in [3.8, 4) is 56.3 Å². The van der Waals surface area contributed by atoms with Gasteiger partial charge >= 0.3 is 0 Å². The molecule has 5 aromatic carbocycles. The Balaban J connectivity index is 0.000000161. The van der Waals surface area contributed by atoms with Gasteiger partial charge < -0.3 is 0 Å². The summed E-state index contributed by atoms with van der Waals surface area (Å²) in [5, 5.41) is 0. The standard InChI is InChI=1S/5C15H18N/c2*1-11-5-6-13(3)14(9-11)15-10-12(2)7-8-16(15)4;2*1-11-8-9-16(4)14(10-11)15-12(2)6-5-7-13(15)3;1-11-9-10-16(4)15(13(11)3)14-8-6-5-7-12(14)2/h5*5-10H,1-4H3/q5*+1. The van der Waals surface area contributed by atoms with Gasteiger partial charge in [-0.25, -0.2) is 22.8 Å². The first-order valence-corrected chi connectivity index (χ1v) is 28.1. The molecule has 0 N–H and O–H groups in total. The largest absolute Gasteiger partial charge is 0.215 e. The molecule has 0 aliphatic heterocycles. The van der Waals surface area contributed by atoms with Crippen LogP contribution < -0.4 is 22.8 Å². The van der Waals surface area contributed by atoms with E-state index in [9.17, 15) is 0 Å². The number of aryl methyl sites for hydroxylation is 19. The maximum Gasteiger partial charge on any atom is 0.215 e. The van der Waals surface area contributed by atoms with E-state index in [1.54, 1.807) is 0 Å². The Kier molecular flexibility index (Phi) is 21.1. The van der Waals surface area contributed by atoms with Crippen molar-refractivity contribution in [2.24, 2.45) is 35.2 Å². The molecule has 0 unspecified atom stereocenters. The summed E-state index contributed by atoms with van der Waals surface area (Å²) in [7, 11) is 10.5. The molecule has 0 fully saturated rings. The van der Waals surface area contributed by atoms with E-state index in [4.69, 9.17) is 0 Å². The van der Waals surface area contributed by atoms with E-state index < -0.39 is 0 Å². The third-order valence-electron chi connectivity index (χ3n) is 15.3. The predicted molar refractivity (Wildman–Crippen MR) is 336 cm³/mol. The Bertz CT molecular complexity index is 3450. The van der Waals surface area contributed by atoms with Crippen molar-refractivity contribution in [3.63, 3.8) is 0 Å². The predicted octanol–water partition coefficient (Wildman–Crippen LogP) is 15.5. The Morgan fingerprint density at radius 2 is 0.525 bits per heavy atom. The summed E-state index contributed by atoms with van der Waals surface area (Å²) in [6, 6.07) is 54.3. The SMILES string of the molecule is Cc1cc[n+](C)c(-c2c(C)cccc2C)c1.Cc1cc[n+](C)c(-c2c(C)cccc2C)c1.Cc1ccc(C)c(-c2cc(C)cc[n+]2C)c1.Cc1ccc(C)c(-c2cc(C)cc[n+]2C)c1.Cc1ccccc1-c1c(C)c(C)cc[n+]1C. The van der Waals surface area contributed by atoms with Crippen molar-refractivity contribution in [1.29, 1.82) is 0 Å². The number of hydrogen-bond acceptors (Lipinski definition) is 0.